The molecule has 1 amide bonds. The molecule has 0 unspecified atom stereocenters. The average Bonchev–Trinajstić information content (AvgIpc) is 2.69. The van der Waals surface area contributed by atoms with Gasteiger partial charge < -0.3 is 20.1 Å². The molecule has 0 aliphatic carbocycles. The normalized spacial score (nSPS) is 10.2. The molecule has 1 aromatic heterocycles. The van der Waals surface area contributed by atoms with E-state index in [0.29, 0.717) is 28.7 Å². The van der Waals surface area contributed by atoms with Gasteiger partial charge in [-0.15, -0.1) is 10.2 Å². The lowest BCUT2D eigenvalue weighted by Gasteiger charge is -2.12. The predicted molar refractivity (Wildman–Crippen MR) is 104 cm³/mol. The molecule has 7 nitrogen and oxygen atoms in total. The van der Waals surface area contributed by atoms with Crippen molar-refractivity contribution in [1.82, 2.24) is 10.2 Å². The summed E-state index contributed by atoms with van der Waals surface area (Å²) in [5.74, 6) is 1.47. The number of carbonyl (C=O) groups excluding carboxylic acids is 1. The summed E-state index contributed by atoms with van der Waals surface area (Å²) in [6, 6.07) is 16.2. The smallest absolute Gasteiger partial charge is 0.276 e. The number of amides is 1. The summed E-state index contributed by atoms with van der Waals surface area (Å²) >= 11 is 0. The third-order valence-electron chi connectivity index (χ3n) is 3.84. The maximum absolute atomic E-state index is 12.3. The second kappa shape index (κ2) is 8.18. The van der Waals surface area contributed by atoms with Gasteiger partial charge in [0.15, 0.2) is 11.5 Å². The first kappa shape index (κ1) is 18.2. The number of ether oxygens (including phenoxy) is 2. The van der Waals surface area contributed by atoms with Crippen molar-refractivity contribution in [2.75, 3.05) is 24.9 Å². The van der Waals surface area contributed by atoms with Crippen LogP contribution in [0.4, 0.5) is 17.2 Å². The quantitative estimate of drug-likeness (QED) is 0.692. The Morgan fingerprint density at radius 3 is 2.48 bits per heavy atom. The first-order chi connectivity index (χ1) is 13.1. The molecule has 1 heterocycles. The molecule has 0 saturated heterocycles. The number of methoxy groups -OCH3 is 2. The van der Waals surface area contributed by atoms with Gasteiger partial charge in [0.25, 0.3) is 5.91 Å². The van der Waals surface area contributed by atoms with Gasteiger partial charge in [-0.05, 0) is 48.9 Å². The first-order valence-corrected chi connectivity index (χ1v) is 8.30. The minimum absolute atomic E-state index is 0.226. The molecule has 0 atom stereocenters. The molecule has 0 aliphatic rings. The number of nitrogens with one attached hydrogen (secondary N) is 2. The summed E-state index contributed by atoms with van der Waals surface area (Å²) in [6.45, 7) is 1.96. The van der Waals surface area contributed by atoms with E-state index < -0.39 is 0 Å². The Morgan fingerprint density at radius 2 is 1.81 bits per heavy atom. The van der Waals surface area contributed by atoms with Gasteiger partial charge in [0, 0.05) is 11.8 Å². The highest BCUT2D eigenvalue weighted by atomic mass is 16.5. The van der Waals surface area contributed by atoms with E-state index in [4.69, 9.17) is 9.47 Å². The molecule has 0 saturated carbocycles. The Morgan fingerprint density at radius 1 is 0.963 bits per heavy atom. The molecule has 3 rings (SSSR count). The van der Waals surface area contributed by atoms with Crippen LogP contribution >= 0.6 is 0 Å². The van der Waals surface area contributed by atoms with E-state index in [-0.39, 0.29) is 11.6 Å². The highest BCUT2D eigenvalue weighted by Gasteiger charge is 2.10. The molecule has 3 aromatic rings. The predicted octanol–water partition coefficient (Wildman–Crippen LogP) is 3.80. The number of aryl methyl sites for hydroxylation is 1. The number of hydrogen-bond donors (Lipinski definition) is 2. The molecule has 27 heavy (non-hydrogen) atoms. The van der Waals surface area contributed by atoms with Gasteiger partial charge >= 0.3 is 0 Å². The van der Waals surface area contributed by atoms with Crippen LogP contribution in [0, 0.1) is 6.92 Å². The van der Waals surface area contributed by atoms with Crippen LogP contribution in [0.3, 0.4) is 0 Å². The van der Waals surface area contributed by atoms with Crippen LogP contribution in [0.2, 0.25) is 0 Å². The molecule has 0 spiro atoms. The number of carbonyl (C=O) groups is 1. The summed E-state index contributed by atoms with van der Waals surface area (Å²) < 4.78 is 10.5. The van der Waals surface area contributed by atoms with Crippen LogP contribution in [-0.4, -0.2) is 30.3 Å². The van der Waals surface area contributed by atoms with Gasteiger partial charge in [-0.3, -0.25) is 4.79 Å². The minimum Gasteiger partial charge on any atom is -0.497 e. The van der Waals surface area contributed by atoms with Crippen molar-refractivity contribution in [3.8, 4) is 11.5 Å². The van der Waals surface area contributed by atoms with Gasteiger partial charge in [-0.2, -0.15) is 0 Å². The van der Waals surface area contributed by atoms with Crippen LogP contribution in [0.5, 0.6) is 11.5 Å². The fraction of sp³-hybridized carbons (Fsp3) is 0.150. The molecule has 0 radical (unpaired) electrons. The monoisotopic (exact) mass is 364 g/mol. The summed E-state index contributed by atoms with van der Waals surface area (Å²) in [5.41, 5.74) is 2.71. The topological polar surface area (TPSA) is 85.4 Å². The lowest BCUT2D eigenvalue weighted by atomic mass is 10.2. The molecular formula is C20H20N4O3. The number of rotatable bonds is 6. The first-order valence-electron chi connectivity index (χ1n) is 8.30. The minimum atomic E-state index is -0.318. The standard InChI is InChI=1S/C20H20N4O3/c1-13-5-4-6-14(11-13)21-20(25)17-9-10-19(24-23-17)22-16-8-7-15(26-2)12-18(16)27-3/h4-12H,1-3H3,(H,21,25)(H,22,24). The zero-order chi connectivity index (χ0) is 19.2. The molecule has 0 bridgehead atoms. The largest absolute Gasteiger partial charge is 0.497 e. The van der Waals surface area contributed by atoms with Crippen LogP contribution in [-0.2, 0) is 0 Å². The lowest BCUT2D eigenvalue weighted by Crippen LogP contribution is -2.14. The van der Waals surface area contributed by atoms with Crippen molar-refractivity contribution in [1.29, 1.82) is 0 Å². The maximum atomic E-state index is 12.3. The van der Waals surface area contributed by atoms with Gasteiger partial charge in [-0.1, -0.05) is 12.1 Å². The van der Waals surface area contributed by atoms with Crippen molar-refractivity contribution >= 4 is 23.1 Å². The van der Waals surface area contributed by atoms with Crippen molar-refractivity contribution in [3.05, 3.63) is 65.9 Å². The fourth-order valence-electron chi connectivity index (χ4n) is 2.48. The Kier molecular flexibility index (Phi) is 5.51. The van der Waals surface area contributed by atoms with Crippen molar-refractivity contribution in [2.24, 2.45) is 0 Å². The van der Waals surface area contributed by atoms with E-state index >= 15 is 0 Å². The van der Waals surface area contributed by atoms with Crippen LogP contribution < -0.4 is 20.1 Å². The molecule has 2 aromatic carbocycles. The van der Waals surface area contributed by atoms with Gasteiger partial charge in [0.2, 0.25) is 0 Å². The molecule has 138 valence electrons. The number of aromatic nitrogens is 2. The van der Waals surface area contributed by atoms with Gasteiger partial charge in [0.1, 0.15) is 11.5 Å². The van der Waals surface area contributed by atoms with E-state index in [0.717, 1.165) is 5.56 Å². The van der Waals surface area contributed by atoms with E-state index in [1.165, 1.54) is 0 Å². The maximum Gasteiger partial charge on any atom is 0.276 e. The third-order valence-corrected chi connectivity index (χ3v) is 3.84. The third kappa shape index (κ3) is 4.52. The van der Waals surface area contributed by atoms with Crippen LogP contribution in [0.25, 0.3) is 0 Å². The highest BCUT2D eigenvalue weighted by Crippen LogP contribution is 2.30. The molecule has 0 aliphatic heterocycles. The SMILES string of the molecule is COc1ccc(Nc2ccc(C(=O)Nc3cccc(C)c3)nn2)c(OC)c1. The Labute approximate surface area is 157 Å². The number of hydrogen-bond acceptors (Lipinski definition) is 6. The van der Waals surface area contributed by atoms with E-state index in [9.17, 15) is 4.79 Å². The zero-order valence-corrected chi connectivity index (χ0v) is 15.3. The Bertz CT molecular complexity index is 942. The number of anilines is 3. The number of benzene rings is 2. The summed E-state index contributed by atoms with van der Waals surface area (Å²) in [7, 11) is 3.16. The Hall–Kier alpha value is -3.61. The average molecular weight is 364 g/mol. The molecule has 0 fully saturated rings. The summed E-state index contributed by atoms with van der Waals surface area (Å²) in [5, 5.41) is 14.0. The molecule has 2 N–H and O–H groups in total. The fourth-order valence-corrected chi connectivity index (χ4v) is 2.48. The lowest BCUT2D eigenvalue weighted by molar-refractivity contribution is 0.102. The van der Waals surface area contributed by atoms with Crippen LogP contribution in [0.15, 0.2) is 54.6 Å². The second-order valence-electron chi connectivity index (χ2n) is 5.82. The molecular weight excluding hydrogens is 344 g/mol. The van der Waals surface area contributed by atoms with E-state index in [2.05, 4.69) is 20.8 Å². The zero-order valence-electron chi connectivity index (χ0n) is 15.3. The van der Waals surface area contributed by atoms with Crippen molar-refractivity contribution in [3.63, 3.8) is 0 Å². The summed E-state index contributed by atoms with van der Waals surface area (Å²) in [4.78, 5) is 12.3. The highest BCUT2D eigenvalue weighted by molar-refractivity contribution is 6.02. The van der Waals surface area contributed by atoms with Crippen molar-refractivity contribution < 1.29 is 14.3 Å². The van der Waals surface area contributed by atoms with Crippen molar-refractivity contribution in [2.45, 2.75) is 6.92 Å². The van der Waals surface area contributed by atoms with Crippen LogP contribution in [0.1, 0.15) is 16.1 Å². The van der Waals surface area contributed by atoms with Gasteiger partial charge in [0.05, 0.1) is 19.9 Å². The van der Waals surface area contributed by atoms with E-state index in [1.807, 2.05) is 43.3 Å². The summed E-state index contributed by atoms with van der Waals surface area (Å²) in [6.07, 6.45) is 0. The number of nitrogens with zero attached hydrogens (tertiary/aromatic N) is 2. The second-order valence-corrected chi connectivity index (χ2v) is 5.82. The van der Waals surface area contributed by atoms with E-state index in [1.54, 1.807) is 32.4 Å². The molecule has 7 heteroatoms. The van der Waals surface area contributed by atoms with Gasteiger partial charge in [-0.25, -0.2) is 0 Å². The Balaban J connectivity index is 1.71.